The van der Waals surface area contributed by atoms with Crippen LogP contribution >= 0.6 is 0 Å². The zero-order valence-corrected chi connectivity index (χ0v) is 9.12. The van der Waals surface area contributed by atoms with Gasteiger partial charge in [-0.1, -0.05) is 25.7 Å². The van der Waals surface area contributed by atoms with Crippen LogP contribution in [0.15, 0.2) is 0 Å². The fourth-order valence-corrected chi connectivity index (χ4v) is 2.94. The Balaban J connectivity index is 1.90. The lowest BCUT2D eigenvalue weighted by molar-refractivity contribution is 0.0431. The molecule has 2 rings (SSSR count). The Morgan fingerprint density at radius 1 is 0.786 bits per heavy atom. The maximum Gasteiger partial charge on any atom is 0.0695 e. The minimum atomic E-state index is -0.0478. The molecule has 0 bridgehead atoms. The minimum Gasteiger partial charge on any atom is -0.391 e. The molecule has 82 valence electrons. The molecule has 2 unspecified atom stereocenters. The van der Waals surface area contributed by atoms with Crippen molar-refractivity contribution in [3.8, 4) is 0 Å². The summed E-state index contributed by atoms with van der Waals surface area (Å²) in [5.41, 5.74) is 0. The van der Waals surface area contributed by atoms with E-state index in [1.165, 1.54) is 58.0 Å². The maximum atomic E-state index is 10.1. The Labute approximate surface area is 87.3 Å². The molecule has 0 amide bonds. The first kappa shape index (κ1) is 10.4. The highest BCUT2D eigenvalue weighted by atomic mass is 16.3. The fraction of sp³-hybridized carbons (Fsp3) is 1.00. The normalized spacial score (nSPS) is 36.6. The van der Waals surface area contributed by atoms with Gasteiger partial charge in [0, 0.05) is 6.04 Å². The second kappa shape index (κ2) is 5.13. The molecule has 1 heterocycles. The quantitative estimate of drug-likeness (QED) is 0.696. The van der Waals surface area contributed by atoms with Gasteiger partial charge in [-0.05, 0) is 38.8 Å². The molecule has 14 heavy (non-hydrogen) atoms. The Morgan fingerprint density at radius 3 is 2.14 bits per heavy atom. The summed E-state index contributed by atoms with van der Waals surface area (Å²) in [7, 11) is 0. The van der Waals surface area contributed by atoms with Crippen molar-refractivity contribution in [1.29, 1.82) is 0 Å². The van der Waals surface area contributed by atoms with Crippen LogP contribution < -0.4 is 0 Å². The predicted molar refractivity (Wildman–Crippen MR) is 58.3 cm³/mol. The Bertz CT molecular complexity index is 166. The van der Waals surface area contributed by atoms with Crippen LogP contribution in [0.3, 0.4) is 0 Å². The number of rotatable bonds is 1. The van der Waals surface area contributed by atoms with Crippen LogP contribution in [-0.4, -0.2) is 35.2 Å². The summed E-state index contributed by atoms with van der Waals surface area (Å²) in [6.45, 7) is 2.45. The van der Waals surface area contributed by atoms with Gasteiger partial charge in [-0.15, -0.1) is 0 Å². The van der Waals surface area contributed by atoms with Crippen molar-refractivity contribution in [2.45, 2.75) is 63.5 Å². The predicted octanol–water partition coefficient (Wildman–Crippen LogP) is 2.17. The summed E-state index contributed by atoms with van der Waals surface area (Å²) in [5.74, 6) is 0. The molecule has 2 heteroatoms. The van der Waals surface area contributed by atoms with Gasteiger partial charge in [0.1, 0.15) is 0 Å². The molecule has 2 aliphatic rings. The maximum absolute atomic E-state index is 10.1. The molecule has 0 radical (unpaired) electrons. The molecule has 1 aliphatic carbocycles. The lowest BCUT2D eigenvalue weighted by Gasteiger charge is -2.33. The number of hydrogen-bond acceptors (Lipinski definition) is 2. The number of nitrogens with zero attached hydrogens (tertiary/aromatic N) is 1. The van der Waals surface area contributed by atoms with Gasteiger partial charge in [-0.25, -0.2) is 0 Å². The topological polar surface area (TPSA) is 23.5 Å². The molecule has 2 atom stereocenters. The molecule has 1 saturated heterocycles. The second-order valence-electron chi connectivity index (χ2n) is 4.87. The van der Waals surface area contributed by atoms with E-state index >= 15 is 0 Å². The van der Waals surface area contributed by atoms with Crippen LogP contribution in [0.1, 0.15) is 51.4 Å². The Kier molecular flexibility index (Phi) is 3.82. The molecular formula is C12H23NO. The van der Waals surface area contributed by atoms with Gasteiger partial charge in [0.2, 0.25) is 0 Å². The first-order chi connectivity index (χ1) is 6.88. The van der Waals surface area contributed by atoms with E-state index in [2.05, 4.69) is 4.90 Å². The number of aliphatic hydroxyl groups is 1. The van der Waals surface area contributed by atoms with Gasteiger partial charge in [-0.2, -0.15) is 0 Å². The van der Waals surface area contributed by atoms with Gasteiger partial charge in [0.25, 0.3) is 0 Å². The SMILES string of the molecule is OC1CCCCCCC1N1CCCC1. The minimum absolute atomic E-state index is 0.0478. The van der Waals surface area contributed by atoms with Crippen molar-refractivity contribution in [3.05, 3.63) is 0 Å². The van der Waals surface area contributed by atoms with E-state index in [1.54, 1.807) is 0 Å². The summed E-state index contributed by atoms with van der Waals surface area (Å²) in [6.07, 6.45) is 10.1. The Morgan fingerprint density at radius 2 is 1.43 bits per heavy atom. The van der Waals surface area contributed by atoms with E-state index in [0.717, 1.165) is 6.42 Å². The standard InChI is InChI=1S/C12H23NO/c14-12-8-4-2-1-3-7-11(12)13-9-5-6-10-13/h11-12,14H,1-10H2. The van der Waals surface area contributed by atoms with Crippen molar-refractivity contribution < 1.29 is 5.11 Å². The number of likely N-dealkylation sites (tertiary alicyclic amines) is 1. The summed E-state index contributed by atoms with van der Waals surface area (Å²) in [4.78, 5) is 2.52. The van der Waals surface area contributed by atoms with Crippen molar-refractivity contribution in [3.63, 3.8) is 0 Å². The molecule has 2 nitrogen and oxygen atoms in total. The van der Waals surface area contributed by atoms with E-state index in [4.69, 9.17) is 0 Å². The third kappa shape index (κ3) is 2.48. The molecule has 1 saturated carbocycles. The third-order valence-corrected chi connectivity index (χ3v) is 3.80. The summed E-state index contributed by atoms with van der Waals surface area (Å²) < 4.78 is 0. The van der Waals surface area contributed by atoms with Crippen LogP contribution in [0, 0.1) is 0 Å². The average molecular weight is 197 g/mol. The van der Waals surface area contributed by atoms with E-state index in [0.29, 0.717) is 6.04 Å². The second-order valence-corrected chi connectivity index (χ2v) is 4.87. The van der Waals surface area contributed by atoms with Crippen molar-refractivity contribution in [1.82, 2.24) is 4.90 Å². The van der Waals surface area contributed by atoms with Crippen molar-refractivity contribution in [2.75, 3.05) is 13.1 Å². The number of aliphatic hydroxyl groups excluding tert-OH is 1. The van der Waals surface area contributed by atoms with E-state index < -0.39 is 0 Å². The summed E-state index contributed by atoms with van der Waals surface area (Å²) >= 11 is 0. The number of hydrogen-bond donors (Lipinski definition) is 1. The van der Waals surface area contributed by atoms with Crippen LogP contribution in [0.25, 0.3) is 0 Å². The highest BCUT2D eigenvalue weighted by Gasteiger charge is 2.28. The highest BCUT2D eigenvalue weighted by Crippen LogP contribution is 2.24. The average Bonchev–Trinajstić information content (AvgIpc) is 2.65. The van der Waals surface area contributed by atoms with E-state index in [-0.39, 0.29) is 6.10 Å². The van der Waals surface area contributed by atoms with Gasteiger partial charge < -0.3 is 5.11 Å². The summed E-state index contributed by atoms with van der Waals surface area (Å²) in [5, 5.41) is 10.1. The zero-order chi connectivity index (χ0) is 9.80. The van der Waals surface area contributed by atoms with Gasteiger partial charge in [0.05, 0.1) is 6.10 Å². The van der Waals surface area contributed by atoms with Crippen molar-refractivity contribution >= 4 is 0 Å². The third-order valence-electron chi connectivity index (χ3n) is 3.80. The highest BCUT2D eigenvalue weighted by molar-refractivity contribution is 4.83. The first-order valence-corrected chi connectivity index (χ1v) is 6.30. The van der Waals surface area contributed by atoms with Crippen LogP contribution in [0.4, 0.5) is 0 Å². The first-order valence-electron chi connectivity index (χ1n) is 6.30. The van der Waals surface area contributed by atoms with Gasteiger partial charge in [0.15, 0.2) is 0 Å². The molecular weight excluding hydrogens is 174 g/mol. The van der Waals surface area contributed by atoms with Gasteiger partial charge in [-0.3, -0.25) is 4.90 Å². The largest absolute Gasteiger partial charge is 0.391 e. The molecule has 0 aromatic rings. The van der Waals surface area contributed by atoms with E-state index in [9.17, 15) is 5.11 Å². The zero-order valence-electron chi connectivity index (χ0n) is 9.12. The molecule has 0 aromatic heterocycles. The molecule has 0 aromatic carbocycles. The molecule has 1 aliphatic heterocycles. The molecule has 1 N–H and O–H groups in total. The fourth-order valence-electron chi connectivity index (χ4n) is 2.94. The van der Waals surface area contributed by atoms with Gasteiger partial charge >= 0.3 is 0 Å². The lowest BCUT2D eigenvalue weighted by Crippen LogP contribution is -2.42. The lowest BCUT2D eigenvalue weighted by atomic mass is 9.93. The molecule has 2 fully saturated rings. The smallest absolute Gasteiger partial charge is 0.0695 e. The molecule has 0 spiro atoms. The summed E-state index contributed by atoms with van der Waals surface area (Å²) in [6, 6.07) is 0.484. The van der Waals surface area contributed by atoms with Crippen LogP contribution in [0.5, 0.6) is 0 Å². The van der Waals surface area contributed by atoms with Crippen LogP contribution in [-0.2, 0) is 0 Å². The van der Waals surface area contributed by atoms with Crippen molar-refractivity contribution in [2.24, 2.45) is 0 Å². The monoisotopic (exact) mass is 197 g/mol. The Hall–Kier alpha value is -0.0800. The van der Waals surface area contributed by atoms with E-state index in [1.807, 2.05) is 0 Å². The van der Waals surface area contributed by atoms with Crippen LogP contribution in [0.2, 0.25) is 0 Å².